The van der Waals surface area contributed by atoms with Crippen LogP contribution in [0.5, 0.6) is 0 Å². The highest BCUT2D eigenvalue weighted by Crippen LogP contribution is 1.96. The molecule has 0 bridgehead atoms. The summed E-state index contributed by atoms with van der Waals surface area (Å²) in [6.07, 6.45) is 2.57. The number of likely N-dealkylation sites (tertiary alicyclic amines) is 1. The minimum atomic E-state index is 0.760. The predicted octanol–water partition coefficient (Wildman–Crippen LogP) is -0.955. The fraction of sp³-hybridized carbons (Fsp3) is 0.857. The lowest BCUT2D eigenvalue weighted by Gasteiger charge is -2.30. The molecule has 0 spiro atoms. The van der Waals surface area contributed by atoms with Crippen molar-refractivity contribution >= 4 is 0 Å². The van der Waals surface area contributed by atoms with Gasteiger partial charge < -0.3 is 10.2 Å². The van der Waals surface area contributed by atoms with Crippen molar-refractivity contribution in [3.8, 4) is 0 Å². The Bertz CT molecular complexity index is 75.0. The zero-order chi connectivity index (χ0) is 6.69. The number of nitrogens with one attached hydrogen (secondary N) is 2. The first-order valence-corrected chi connectivity index (χ1v) is 3.67. The molecule has 2 N–H and O–H groups in total. The summed E-state index contributed by atoms with van der Waals surface area (Å²) in [5.74, 6) is 0. The molecule has 0 atom stereocenters. The minimum Gasteiger partial charge on any atom is -0.468 e. The van der Waals surface area contributed by atoms with E-state index < -0.39 is 0 Å². The Morgan fingerprint density at radius 1 is 1.44 bits per heavy atom. The van der Waals surface area contributed by atoms with Crippen molar-refractivity contribution in [2.75, 3.05) is 20.1 Å². The van der Waals surface area contributed by atoms with Crippen molar-refractivity contribution in [1.29, 1.82) is 0 Å². The summed E-state index contributed by atoms with van der Waals surface area (Å²) in [6.45, 7) is 2.46. The lowest BCUT2D eigenvalue weighted by atomic mass is 10.1. The van der Waals surface area contributed by atoms with E-state index in [0.29, 0.717) is 0 Å². The Hall–Kier alpha value is -0.0800. The van der Waals surface area contributed by atoms with E-state index >= 15 is 0 Å². The summed E-state index contributed by atoms with van der Waals surface area (Å²) in [7, 11) is 6.00. The Balaban J connectivity index is 2.18. The average Bonchev–Trinajstić information content (AvgIpc) is 1.90. The van der Waals surface area contributed by atoms with Crippen LogP contribution in [-0.2, 0) is 0 Å². The van der Waals surface area contributed by atoms with Crippen LogP contribution in [-0.4, -0.2) is 26.2 Å². The van der Waals surface area contributed by atoms with Crippen LogP contribution in [0.15, 0.2) is 0 Å². The van der Waals surface area contributed by atoms with E-state index in [1.54, 1.807) is 0 Å². The third-order valence-corrected chi connectivity index (χ3v) is 2.10. The van der Waals surface area contributed by atoms with E-state index in [0.717, 1.165) is 6.04 Å². The summed E-state index contributed by atoms with van der Waals surface area (Å²) in [4.78, 5) is 1.43. The first kappa shape index (κ1) is 7.03. The van der Waals surface area contributed by atoms with E-state index in [9.17, 15) is 0 Å². The van der Waals surface area contributed by atoms with Crippen LogP contribution < -0.4 is 10.2 Å². The van der Waals surface area contributed by atoms with E-state index in [2.05, 4.69) is 12.4 Å². The lowest BCUT2D eigenvalue weighted by molar-refractivity contribution is -0.859. The maximum Gasteiger partial charge on any atom is 0.0545 e. The number of hydrogen-bond donors (Lipinski definition) is 2. The highest BCUT2D eigenvalue weighted by molar-refractivity contribution is 4.65. The van der Waals surface area contributed by atoms with E-state index in [4.69, 9.17) is 0 Å². The SMILES string of the molecule is [CH2-][NH+]1CCC(NC)CC1. The van der Waals surface area contributed by atoms with Gasteiger partial charge in [0.2, 0.25) is 0 Å². The quantitative estimate of drug-likeness (QED) is 0.435. The number of piperidine rings is 1. The molecule has 1 saturated heterocycles. The molecule has 1 aliphatic heterocycles. The molecule has 0 aliphatic carbocycles. The smallest absolute Gasteiger partial charge is 0.0545 e. The molecule has 1 rings (SSSR count). The summed E-state index contributed by atoms with van der Waals surface area (Å²) < 4.78 is 0. The van der Waals surface area contributed by atoms with Gasteiger partial charge in [0.05, 0.1) is 13.1 Å². The Morgan fingerprint density at radius 3 is 2.44 bits per heavy atom. The summed E-state index contributed by atoms with van der Waals surface area (Å²) in [6, 6.07) is 0.760. The molecule has 2 heteroatoms. The molecular weight excluding hydrogens is 112 g/mol. The number of hydrogen-bond acceptors (Lipinski definition) is 1. The van der Waals surface area contributed by atoms with Gasteiger partial charge in [0.15, 0.2) is 0 Å². The standard InChI is InChI=1S/C7H16N2/c1-8-7-3-5-9(2)6-4-7/h7-9H,2-6H2,1H3. The molecule has 0 aromatic rings. The van der Waals surface area contributed by atoms with Gasteiger partial charge >= 0.3 is 0 Å². The molecule has 1 heterocycles. The Labute approximate surface area is 57.2 Å². The molecule has 0 aromatic carbocycles. The topological polar surface area (TPSA) is 16.5 Å². The van der Waals surface area contributed by atoms with Gasteiger partial charge in [0.1, 0.15) is 0 Å². The molecule has 2 nitrogen and oxygen atoms in total. The first-order chi connectivity index (χ1) is 4.33. The normalized spacial score (nSPS) is 36.7. The van der Waals surface area contributed by atoms with Crippen LogP contribution in [0.2, 0.25) is 0 Å². The molecular formula is C7H16N2. The Morgan fingerprint density at radius 2 is 2.00 bits per heavy atom. The summed E-state index contributed by atoms with van der Waals surface area (Å²) in [5.41, 5.74) is 0. The summed E-state index contributed by atoms with van der Waals surface area (Å²) >= 11 is 0. The second kappa shape index (κ2) is 3.18. The van der Waals surface area contributed by atoms with Crippen molar-refractivity contribution in [3.63, 3.8) is 0 Å². The maximum atomic E-state index is 3.96. The van der Waals surface area contributed by atoms with E-state index in [-0.39, 0.29) is 0 Å². The molecule has 9 heavy (non-hydrogen) atoms. The van der Waals surface area contributed by atoms with Crippen LogP contribution in [0.3, 0.4) is 0 Å². The fourth-order valence-electron chi connectivity index (χ4n) is 1.31. The largest absolute Gasteiger partial charge is 0.468 e. The fourth-order valence-corrected chi connectivity index (χ4v) is 1.31. The molecule has 0 amide bonds. The van der Waals surface area contributed by atoms with Crippen LogP contribution in [0.4, 0.5) is 0 Å². The van der Waals surface area contributed by atoms with Crippen LogP contribution in [0.1, 0.15) is 12.8 Å². The van der Waals surface area contributed by atoms with Crippen LogP contribution in [0, 0.1) is 7.05 Å². The van der Waals surface area contributed by atoms with Crippen LogP contribution >= 0.6 is 0 Å². The van der Waals surface area contributed by atoms with Gasteiger partial charge in [0, 0.05) is 18.9 Å². The molecule has 0 unspecified atom stereocenters. The third kappa shape index (κ3) is 1.95. The van der Waals surface area contributed by atoms with Crippen molar-refractivity contribution < 1.29 is 4.90 Å². The molecule has 0 saturated carbocycles. The zero-order valence-corrected chi connectivity index (χ0v) is 6.11. The Kier molecular flexibility index (Phi) is 2.49. The molecule has 0 radical (unpaired) electrons. The second-order valence-corrected chi connectivity index (χ2v) is 2.81. The maximum absolute atomic E-state index is 3.96. The monoisotopic (exact) mass is 128 g/mol. The van der Waals surface area contributed by atoms with Crippen molar-refractivity contribution in [3.05, 3.63) is 7.05 Å². The first-order valence-electron chi connectivity index (χ1n) is 3.67. The van der Waals surface area contributed by atoms with Gasteiger partial charge in [-0.2, -0.15) is 7.05 Å². The van der Waals surface area contributed by atoms with E-state index in [1.807, 2.05) is 7.05 Å². The van der Waals surface area contributed by atoms with E-state index in [1.165, 1.54) is 30.8 Å². The number of rotatable bonds is 1. The summed E-state index contributed by atoms with van der Waals surface area (Å²) in [5, 5.41) is 3.28. The highest BCUT2D eigenvalue weighted by atomic mass is 15.1. The average molecular weight is 128 g/mol. The van der Waals surface area contributed by atoms with Crippen LogP contribution in [0.25, 0.3) is 0 Å². The predicted molar refractivity (Wildman–Crippen MR) is 38.1 cm³/mol. The number of quaternary nitrogens is 1. The van der Waals surface area contributed by atoms with Crippen molar-refractivity contribution in [2.24, 2.45) is 0 Å². The highest BCUT2D eigenvalue weighted by Gasteiger charge is 2.13. The zero-order valence-electron chi connectivity index (χ0n) is 6.11. The molecule has 54 valence electrons. The van der Waals surface area contributed by atoms with Gasteiger partial charge in [-0.3, -0.25) is 0 Å². The molecule has 1 aliphatic rings. The van der Waals surface area contributed by atoms with Crippen molar-refractivity contribution in [2.45, 2.75) is 18.9 Å². The molecule has 1 fully saturated rings. The van der Waals surface area contributed by atoms with Gasteiger partial charge in [0.25, 0.3) is 0 Å². The van der Waals surface area contributed by atoms with Gasteiger partial charge in [-0.05, 0) is 7.05 Å². The minimum absolute atomic E-state index is 0.760. The lowest BCUT2D eigenvalue weighted by Crippen LogP contribution is -3.08. The molecule has 0 aromatic heterocycles. The third-order valence-electron chi connectivity index (χ3n) is 2.10. The van der Waals surface area contributed by atoms with Gasteiger partial charge in [-0.15, -0.1) is 0 Å². The van der Waals surface area contributed by atoms with Gasteiger partial charge in [-0.25, -0.2) is 0 Å². The van der Waals surface area contributed by atoms with Gasteiger partial charge in [-0.1, -0.05) is 0 Å². The second-order valence-electron chi connectivity index (χ2n) is 2.81. The van der Waals surface area contributed by atoms with Crippen molar-refractivity contribution in [1.82, 2.24) is 5.32 Å².